The molecule has 110 valence electrons. The number of unbranched alkanes of at least 4 members (excludes halogenated alkanes) is 1. The van der Waals surface area contributed by atoms with Gasteiger partial charge in [-0.2, -0.15) is 0 Å². The average molecular weight is 301 g/mol. The minimum absolute atomic E-state index is 0.160. The van der Waals surface area contributed by atoms with Gasteiger partial charge in [0, 0.05) is 6.54 Å². The summed E-state index contributed by atoms with van der Waals surface area (Å²) >= 11 is 1.03. The number of carbonyl (C=O) groups is 2. The Labute approximate surface area is 129 Å². The van der Waals surface area contributed by atoms with Gasteiger partial charge in [0.1, 0.15) is 0 Å². The average Bonchev–Trinajstić information content (AvgIpc) is 2.72. The molecular formula is C17H19NO2S. The van der Waals surface area contributed by atoms with E-state index in [1.165, 1.54) is 4.90 Å². The molecule has 0 N–H and O–H groups in total. The van der Waals surface area contributed by atoms with Crippen molar-refractivity contribution >= 4 is 29.0 Å². The van der Waals surface area contributed by atoms with E-state index in [0.29, 0.717) is 11.4 Å². The van der Waals surface area contributed by atoms with Gasteiger partial charge in [0.05, 0.1) is 4.91 Å². The number of allylic oxidation sites excluding steroid dienone is 2. The second-order valence-electron chi connectivity index (χ2n) is 4.99. The molecule has 0 aliphatic carbocycles. The van der Waals surface area contributed by atoms with E-state index in [-0.39, 0.29) is 11.1 Å². The van der Waals surface area contributed by atoms with Gasteiger partial charge in [-0.15, -0.1) is 0 Å². The van der Waals surface area contributed by atoms with E-state index >= 15 is 0 Å². The third-order valence-electron chi connectivity index (χ3n) is 3.16. The van der Waals surface area contributed by atoms with Gasteiger partial charge < -0.3 is 0 Å². The van der Waals surface area contributed by atoms with Crippen molar-refractivity contribution in [2.75, 3.05) is 6.54 Å². The number of rotatable bonds is 5. The van der Waals surface area contributed by atoms with Crippen LogP contribution in [0.15, 0.2) is 46.9 Å². The third kappa shape index (κ3) is 4.08. The zero-order valence-corrected chi connectivity index (χ0v) is 13.2. The summed E-state index contributed by atoms with van der Waals surface area (Å²) in [5, 5.41) is -0.160. The van der Waals surface area contributed by atoms with Crippen molar-refractivity contribution < 1.29 is 9.59 Å². The summed E-state index contributed by atoms with van der Waals surface area (Å²) in [7, 11) is 0. The van der Waals surface area contributed by atoms with Crippen molar-refractivity contribution in [2.45, 2.75) is 26.7 Å². The lowest BCUT2D eigenvalue weighted by Gasteiger charge is -2.10. The maximum Gasteiger partial charge on any atom is 0.293 e. The van der Waals surface area contributed by atoms with E-state index in [1.807, 2.05) is 50.3 Å². The molecule has 21 heavy (non-hydrogen) atoms. The molecule has 1 aliphatic heterocycles. The van der Waals surface area contributed by atoms with Crippen molar-refractivity contribution in [1.82, 2.24) is 4.90 Å². The molecule has 1 heterocycles. The highest BCUT2D eigenvalue weighted by atomic mass is 32.2. The molecule has 0 aromatic heterocycles. The van der Waals surface area contributed by atoms with Crippen molar-refractivity contribution in [1.29, 1.82) is 0 Å². The Kier molecular flexibility index (Phi) is 5.39. The number of nitrogens with zero attached hydrogens (tertiary/aromatic N) is 1. The standard InChI is InChI=1S/C17H19NO2S/c1-3-4-10-18-16(19)15(21-17(18)20)12-13(2)11-14-8-6-5-7-9-14/h5-9,11-12H,3-4,10H2,1-2H3/b13-11+,15-12-. The SMILES string of the molecule is CCCCN1C(=O)S/C(=C\C(C)=C\c2ccccc2)C1=O. The van der Waals surface area contributed by atoms with Crippen molar-refractivity contribution in [3.05, 3.63) is 52.4 Å². The maximum absolute atomic E-state index is 12.2. The smallest absolute Gasteiger partial charge is 0.268 e. The molecule has 1 fully saturated rings. The third-order valence-corrected chi connectivity index (χ3v) is 4.07. The molecule has 1 aromatic carbocycles. The Bertz CT molecular complexity index is 590. The first-order chi connectivity index (χ1) is 10.1. The Balaban J connectivity index is 2.13. The number of thioether (sulfide) groups is 1. The zero-order chi connectivity index (χ0) is 15.2. The fourth-order valence-electron chi connectivity index (χ4n) is 2.07. The van der Waals surface area contributed by atoms with Gasteiger partial charge in [0.2, 0.25) is 0 Å². The number of benzene rings is 1. The summed E-state index contributed by atoms with van der Waals surface area (Å²) in [6, 6.07) is 9.91. The van der Waals surface area contributed by atoms with Crippen LogP contribution < -0.4 is 0 Å². The van der Waals surface area contributed by atoms with Gasteiger partial charge in [-0.05, 0) is 42.3 Å². The number of amides is 2. The molecule has 0 bridgehead atoms. The Morgan fingerprint density at radius 1 is 1.24 bits per heavy atom. The second-order valence-corrected chi connectivity index (χ2v) is 5.98. The zero-order valence-electron chi connectivity index (χ0n) is 12.3. The Morgan fingerprint density at radius 3 is 2.62 bits per heavy atom. The molecule has 1 aliphatic rings. The van der Waals surface area contributed by atoms with Crippen molar-refractivity contribution in [2.24, 2.45) is 0 Å². The summed E-state index contributed by atoms with van der Waals surface area (Å²) in [6.45, 7) is 4.49. The lowest BCUT2D eigenvalue weighted by Crippen LogP contribution is -2.29. The van der Waals surface area contributed by atoms with Crippen LogP contribution in [0.4, 0.5) is 4.79 Å². The fourth-order valence-corrected chi connectivity index (χ4v) is 2.98. The summed E-state index contributed by atoms with van der Waals surface area (Å²) in [6.07, 6.45) is 5.61. The van der Waals surface area contributed by atoms with Gasteiger partial charge >= 0.3 is 0 Å². The number of hydrogen-bond donors (Lipinski definition) is 0. The summed E-state index contributed by atoms with van der Waals surface area (Å²) in [4.78, 5) is 25.9. The van der Waals surface area contributed by atoms with Crippen LogP contribution in [0, 0.1) is 0 Å². The normalized spacial score (nSPS) is 17.9. The topological polar surface area (TPSA) is 37.4 Å². The molecule has 0 spiro atoms. The molecule has 1 aromatic rings. The molecule has 4 heteroatoms. The van der Waals surface area contributed by atoms with Crippen LogP contribution in [0.25, 0.3) is 6.08 Å². The van der Waals surface area contributed by atoms with E-state index in [1.54, 1.807) is 6.08 Å². The molecular weight excluding hydrogens is 282 g/mol. The summed E-state index contributed by atoms with van der Waals surface area (Å²) in [5.74, 6) is -0.167. The lowest BCUT2D eigenvalue weighted by atomic mass is 10.1. The summed E-state index contributed by atoms with van der Waals surface area (Å²) in [5.41, 5.74) is 2.04. The van der Waals surface area contributed by atoms with Crippen molar-refractivity contribution in [3.63, 3.8) is 0 Å². The molecule has 0 saturated carbocycles. The quantitative estimate of drug-likeness (QED) is 0.753. The number of carbonyl (C=O) groups excluding carboxylic acids is 2. The second kappa shape index (κ2) is 7.27. The summed E-state index contributed by atoms with van der Waals surface area (Å²) < 4.78 is 0. The van der Waals surface area contributed by atoms with Crippen LogP contribution in [-0.2, 0) is 4.79 Å². The van der Waals surface area contributed by atoms with Gasteiger partial charge in [0.25, 0.3) is 11.1 Å². The number of hydrogen-bond acceptors (Lipinski definition) is 3. The van der Waals surface area contributed by atoms with Crippen LogP contribution in [0.5, 0.6) is 0 Å². The first kappa shape index (κ1) is 15.6. The van der Waals surface area contributed by atoms with Crippen molar-refractivity contribution in [3.8, 4) is 0 Å². The van der Waals surface area contributed by atoms with Gasteiger partial charge in [0.15, 0.2) is 0 Å². The van der Waals surface area contributed by atoms with Gasteiger partial charge in [-0.25, -0.2) is 0 Å². The first-order valence-electron chi connectivity index (χ1n) is 7.10. The molecule has 0 radical (unpaired) electrons. The van der Waals surface area contributed by atoms with Crippen LogP contribution in [-0.4, -0.2) is 22.6 Å². The van der Waals surface area contributed by atoms with E-state index in [4.69, 9.17) is 0 Å². The molecule has 0 unspecified atom stereocenters. The highest BCUT2D eigenvalue weighted by Gasteiger charge is 2.34. The molecule has 1 saturated heterocycles. The molecule has 0 atom stereocenters. The van der Waals surface area contributed by atoms with Gasteiger partial charge in [-0.1, -0.05) is 49.8 Å². The van der Waals surface area contributed by atoms with Crippen LogP contribution in [0.1, 0.15) is 32.3 Å². The highest BCUT2D eigenvalue weighted by molar-refractivity contribution is 8.18. The first-order valence-corrected chi connectivity index (χ1v) is 7.92. The molecule has 3 nitrogen and oxygen atoms in total. The highest BCUT2D eigenvalue weighted by Crippen LogP contribution is 2.31. The maximum atomic E-state index is 12.2. The van der Waals surface area contributed by atoms with Crippen LogP contribution in [0.2, 0.25) is 0 Å². The predicted molar refractivity (Wildman–Crippen MR) is 87.8 cm³/mol. The minimum atomic E-state index is -0.167. The van der Waals surface area contributed by atoms with E-state index in [9.17, 15) is 9.59 Å². The Hall–Kier alpha value is -1.81. The monoisotopic (exact) mass is 301 g/mol. The lowest BCUT2D eigenvalue weighted by molar-refractivity contribution is -0.122. The predicted octanol–water partition coefficient (Wildman–Crippen LogP) is 4.47. The largest absolute Gasteiger partial charge is 0.293 e. The van der Waals surface area contributed by atoms with E-state index in [0.717, 1.165) is 35.7 Å². The minimum Gasteiger partial charge on any atom is -0.268 e. The van der Waals surface area contributed by atoms with E-state index < -0.39 is 0 Å². The number of imide groups is 1. The molecule has 2 rings (SSSR count). The Morgan fingerprint density at radius 2 is 1.95 bits per heavy atom. The van der Waals surface area contributed by atoms with Crippen LogP contribution >= 0.6 is 11.8 Å². The van der Waals surface area contributed by atoms with Crippen LogP contribution in [0.3, 0.4) is 0 Å². The van der Waals surface area contributed by atoms with E-state index in [2.05, 4.69) is 0 Å². The van der Waals surface area contributed by atoms with Gasteiger partial charge in [-0.3, -0.25) is 14.5 Å². The fraction of sp³-hybridized carbons (Fsp3) is 0.294. The molecule has 2 amide bonds.